The van der Waals surface area contributed by atoms with Crippen LogP contribution < -0.4 is 10.1 Å². The van der Waals surface area contributed by atoms with Crippen LogP contribution in [0.4, 0.5) is 4.79 Å². The highest BCUT2D eigenvalue weighted by atomic mass is 16.6. The zero-order chi connectivity index (χ0) is 36.5. The summed E-state index contributed by atoms with van der Waals surface area (Å²) in [5.74, 6) is 0.540. The summed E-state index contributed by atoms with van der Waals surface area (Å²) in [6.07, 6.45) is -1.61. The van der Waals surface area contributed by atoms with E-state index < -0.39 is 30.4 Å². The number of aliphatic hydroxyl groups is 2. The third kappa shape index (κ3) is 12.0. The molecule has 0 radical (unpaired) electrons. The van der Waals surface area contributed by atoms with Crippen molar-refractivity contribution in [3.05, 3.63) is 101 Å². The number of fused-ring (bicyclic) bond motifs is 1. The topological polar surface area (TPSA) is 139 Å². The third-order valence-electron chi connectivity index (χ3n) is 9.49. The van der Waals surface area contributed by atoms with E-state index in [1.807, 2.05) is 78.9 Å². The van der Waals surface area contributed by atoms with Gasteiger partial charge >= 0.3 is 6.09 Å². The van der Waals surface area contributed by atoms with Gasteiger partial charge in [0.1, 0.15) is 19.0 Å². The van der Waals surface area contributed by atoms with Crippen molar-refractivity contribution in [2.45, 2.75) is 56.5 Å². The fourth-order valence-electron chi connectivity index (χ4n) is 6.67. The minimum atomic E-state index is -1.05. The van der Waals surface area contributed by atoms with Crippen LogP contribution in [0.2, 0.25) is 0 Å². The lowest BCUT2D eigenvalue weighted by Crippen LogP contribution is -2.46. The highest BCUT2D eigenvalue weighted by molar-refractivity contribution is 5.77. The van der Waals surface area contributed by atoms with Gasteiger partial charge in [-0.2, -0.15) is 0 Å². The molecule has 1 aliphatic carbocycles. The van der Waals surface area contributed by atoms with Gasteiger partial charge in [0, 0.05) is 46.1 Å². The van der Waals surface area contributed by atoms with E-state index in [9.17, 15) is 19.8 Å². The molecule has 0 aromatic heterocycles. The van der Waals surface area contributed by atoms with Gasteiger partial charge < -0.3 is 44.1 Å². The van der Waals surface area contributed by atoms with Crippen LogP contribution in [0.15, 0.2) is 78.9 Å². The van der Waals surface area contributed by atoms with Gasteiger partial charge in [-0.3, -0.25) is 9.69 Å². The van der Waals surface area contributed by atoms with Gasteiger partial charge in [-0.1, -0.05) is 66.7 Å². The standard InChI is InChI=1S/C40H53N3O9/c1-48-23-24-50-25-26-52-40(47)41-35(27-30-7-3-2-4-8-30)36(44)15-16-38(46)43(39-34-10-6-5-9-32(34)28-37(39)45)29-31-11-13-33(14-12-31)51-22-19-42-17-20-49-21-18-42/h2-14,35-37,39,44-45H,15-29H2,1H3,(H,41,47)/t35-,36-,37+,39-/m0/s1. The van der Waals surface area contributed by atoms with Crippen molar-refractivity contribution in [2.24, 2.45) is 0 Å². The molecule has 0 bridgehead atoms. The molecule has 2 amide bonds. The SMILES string of the molecule is COCCOCCOC(=O)N[C@@H](Cc1ccccc1)[C@@H](O)CCC(=O)N(Cc1ccc(OCCN2CCOCC2)cc1)[C@H]1c2ccccc2C[C@H]1O. The number of rotatable bonds is 20. The summed E-state index contributed by atoms with van der Waals surface area (Å²) >= 11 is 0. The molecule has 0 unspecified atom stereocenters. The van der Waals surface area contributed by atoms with Crippen molar-refractivity contribution in [2.75, 3.05) is 73.0 Å². The van der Waals surface area contributed by atoms with Gasteiger partial charge in [0.15, 0.2) is 0 Å². The van der Waals surface area contributed by atoms with Gasteiger partial charge in [0.25, 0.3) is 0 Å². The number of carbonyl (C=O) groups excluding carboxylic acids is 2. The molecule has 3 N–H and O–H groups in total. The molecule has 52 heavy (non-hydrogen) atoms. The van der Waals surface area contributed by atoms with Crippen LogP contribution in [0.25, 0.3) is 0 Å². The average molecular weight is 720 g/mol. The van der Waals surface area contributed by atoms with E-state index in [2.05, 4.69) is 10.2 Å². The molecule has 282 valence electrons. The quantitative estimate of drug-likeness (QED) is 0.149. The van der Waals surface area contributed by atoms with E-state index in [1.165, 1.54) is 0 Å². The maximum atomic E-state index is 14.1. The van der Waals surface area contributed by atoms with Gasteiger partial charge in [-0.25, -0.2) is 4.79 Å². The van der Waals surface area contributed by atoms with E-state index in [-0.39, 0.29) is 38.5 Å². The van der Waals surface area contributed by atoms with Gasteiger partial charge in [0.2, 0.25) is 5.91 Å². The zero-order valence-electron chi connectivity index (χ0n) is 30.1. The second kappa shape index (κ2) is 20.9. The first-order chi connectivity index (χ1) is 25.4. The summed E-state index contributed by atoms with van der Waals surface area (Å²) in [5.41, 5.74) is 3.74. The Kier molecular flexibility index (Phi) is 15.7. The molecule has 1 heterocycles. The lowest BCUT2D eigenvalue weighted by Gasteiger charge is -2.33. The molecular formula is C40H53N3O9. The van der Waals surface area contributed by atoms with Crippen LogP contribution >= 0.6 is 0 Å². The summed E-state index contributed by atoms with van der Waals surface area (Å²) < 4.78 is 27.0. The number of methoxy groups -OCH3 is 1. The molecule has 4 atom stereocenters. The number of morpholine rings is 1. The predicted molar refractivity (Wildman–Crippen MR) is 195 cm³/mol. The molecular weight excluding hydrogens is 666 g/mol. The second-order valence-electron chi connectivity index (χ2n) is 13.2. The first kappa shape index (κ1) is 39.2. The molecule has 2 aliphatic rings. The minimum absolute atomic E-state index is 0.00461. The van der Waals surface area contributed by atoms with Crippen molar-refractivity contribution in [1.29, 1.82) is 0 Å². The summed E-state index contributed by atoms with van der Waals surface area (Å²) in [6, 6.07) is 23.8. The first-order valence-electron chi connectivity index (χ1n) is 18.2. The van der Waals surface area contributed by atoms with Crippen LogP contribution in [-0.2, 0) is 43.1 Å². The maximum Gasteiger partial charge on any atom is 0.407 e. The molecule has 12 nitrogen and oxygen atoms in total. The summed E-state index contributed by atoms with van der Waals surface area (Å²) in [4.78, 5) is 30.9. The average Bonchev–Trinajstić information content (AvgIpc) is 3.50. The minimum Gasteiger partial charge on any atom is -0.492 e. The third-order valence-corrected chi connectivity index (χ3v) is 9.49. The highest BCUT2D eigenvalue weighted by Crippen LogP contribution is 2.37. The first-order valence-corrected chi connectivity index (χ1v) is 18.2. The number of nitrogens with one attached hydrogen (secondary N) is 1. The van der Waals surface area contributed by atoms with Crippen molar-refractivity contribution in [3.63, 3.8) is 0 Å². The van der Waals surface area contributed by atoms with E-state index >= 15 is 0 Å². The molecule has 1 aliphatic heterocycles. The Balaban J connectivity index is 1.23. The number of amides is 2. The van der Waals surface area contributed by atoms with E-state index in [1.54, 1.807) is 12.0 Å². The maximum absolute atomic E-state index is 14.1. The van der Waals surface area contributed by atoms with Crippen molar-refractivity contribution >= 4 is 12.0 Å². The molecule has 1 saturated heterocycles. The number of ether oxygens (including phenoxy) is 5. The fraction of sp³-hybridized carbons (Fsp3) is 0.500. The van der Waals surface area contributed by atoms with E-state index in [0.717, 1.165) is 60.9 Å². The zero-order valence-corrected chi connectivity index (χ0v) is 30.1. The lowest BCUT2D eigenvalue weighted by atomic mass is 9.97. The Morgan fingerprint density at radius 3 is 2.42 bits per heavy atom. The lowest BCUT2D eigenvalue weighted by molar-refractivity contribution is -0.137. The molecule has 0 saturated carbocycles. The highest BCUT2D eigenvalue weighted by Gasteiger charge is 2.38. The molecule has 0 spiro atoms. The van der Waals surface area contributed by atoms with Crippen molar-refractivity contribution in [1.82, 2.24) is 15.1 Å². The van der Waals surface area contributed by atoms with Crippen LogP contribution in [0, 0.1) is 0 Å². The van der Waals surface area contributed by atoms with Crippen LogP contribution in [0.5, 0.6) is 5.75 Å². The van der Waals surface area contributed by atoms with Gasteiger partial charge in [-0.05, 0) is 47.2 Å². The number of benzene rings is 3. The fourth-order valence-corrected chi connectivity index (χ4v) is 6.67. The molecule has 1 fully saturated rings. The number of hydrogen-bond acceptors (Lipinski definition) is 10. The normalized spacial score (nSPS) is 18.3. The Morgan fingerprint density at radius 2 is 1.65 bits per heavy atom. The molecule has 3 aromatic carbocycles. The van der Waals surface area contributed by atoms with Crippen LogP contribution in [0.3, 0.4) is 0 Å². The Hall–Kier alpha value is -4.04. The van der Waals surface area contributed by atoms with Gasteiger partial charge in [0.05, 0.1) is 57.3 Å². The molecule has 3 aromatic rings. The van der Waals surface area contributed by atoms with Crippen LogP contribution in [-0.4, -0.2) is 123 Å². The molecule has 5 rings (SSSR count). The second-order valence-corrected chi connectivity index (χ2v) is 13.2. The van der Waals surface area contributed by atoms with E-state index in [4.69, 9.17) is 23.7 Å². The number of aliphatic hydroxyl groups excluding tert-OH is 2. The van der Waals surface area contributed by atoms with Crippen molar-refractivity contribution < 1.29 is 43.5 Å². The number of alkyl carbamates (subject to hydrolysis) is 1. The number of hydrogen-bond donors (Lipinski definition) is 3. The Morgan fingerprint density at radius 1 is 0.923 bits per heavy atom. The summed E-state index contributed by atoms with van der Waals surface area (Å²) in [5, 5.41) is 25.5. The number of nitrogens with zero attached hydrogens (tertiary/aromatic N) is 2. The Labute approximate surface area is 306 Å². The number of carbonyl (C=O) groups is 2. The molecule has 12 heteroatoms. The van der Waals surface area contributed by atoms with E-state index in [0.29, 0.717) is 32.7 Å². The smallest absolute Gasteiger partial charge is 0.407 e. The predicted octanol–water partition coefficient (Wildman–Crippen LogP) is 3.53. The van der Waals surface area contributed by atoms with Crippen molar-refractivity contribution in [3.8, 4) is 5.75 Å². The monoisotopic (exact) mass is 719 g/mol. The van der Waals surface area contributed by atoms with Gasteiger partial charge in [-0.15, -0.1) is 0 Å². The largest absolute Gasteiger partial charge is 0.492 e. The summed E-state index contributed by atoms with van der Waals surface area (Å²) in [7, 11) is 1.58. The van der Waals surface area contributed by atoms with Crippen LogP contribution in [0.1, 0.15) is 41.1 Å². The Bertz CT molecular complexity index is 1500. The summed E-state index contributed by atoms with van der Waals surface area (Å²) in [6.45, 7) is 6.05.